The molecule has 0 atom stereocenters. The summed E-state index contributed by atoms with van der Waals surface area (Å²) in [5.74, 6) is 0. The summed E-state index contributed by atoms with van der Waals surface area (Å²) in [6.07, 6.45) is 4.00. The van der Waals surface area contributed by atoms with Crippen LogP contribution in [-0.2, 0) is 0 Å². The van der Waals surface area contributed by atoms with E-state index in [0.717, 1.165) is 19.6 Å². The van der Waals surface area contributed by atoms with Crippen molar-refractivity contribution in [2.24, 2.45) is 11.1 Å². The number of nitrogens with two attached hydrogens (primary N) is 1. The summed E-state index contributed by atoms with van der Waals surface area (Å²) in [6, 6.07) is 10.8. The molecule has 3 nitrogen and oxygen atoms in total. The van der Waals surface area contributed by atoms with E-state index in [0.29, 0.717) is 5.41 Å². The molecular weight excluding hydrogens is 234 g/mol. The Morgan fingerprint density at radius 2 is 1.68 bits per heavy atom. The molecule has 1 aromatic carbocycles. The molecule has 0 radical (unpaired) electrons. The highest BCUT2D eigenvalue weighted by molar-refractivity contribution is 5.46. The van der Waals surface area contributed by atoms with Gasteiger partial charge in [0.1, 0.15) is 0 Å². The van der Waals surface area contributed by atoms with Crippen LogP contribution in [0.5, 0.6) is 0 Å². The van der Waals surface area contributed by atoms with Crippen molar-refractivity contribution >= 4 is 5.69 Å². The van der Waals surface area contributed by atoms with E-state index in [-0.39, 0.29) is 0 Å². The fourth-order valence-corrected chi connectivity index (χ4v) is 3.25. The van der Waals surface area contributed by atoms with E-state index in [9.17, 15) is 0 Å². The minimum atomic E-state index is 0.587. The summed E-state index contributed by atoms with van der Waals surface area (Å²) in [6.45, 7) is 6.82. The zero-order chi connectivity index (χ0) is 13.1. The Kier molecular flexibility index (Phi) is 3.76. The zero-order valence-electron chi connectivity index (χ0n) is 11.7. The molecule has 1 heterocycles. The molecule has 3 heteroatoms. The molecule has 0 unspecified atom stereocenters. The predicted octanol–water partition coefficient (Wildman–Crippen LogP) is 1.94. The van der Waals surface area contributed by atoms with E-state index in [1.165, 1.54) is 44.6 Å². The highest BCUT2D eigenvalue weighted by Gasteiger charge is 2.43. The summed E-state index contributed by atoms with van der Waals surface area (Å²) in [5.41, 5.74) is 7.68. The lowest BCUT2D eigenvalue weighted by molar-refractivity contribution is 0.203. The van der Waals surface area contributed by atoms with Gasteiger partial charge in [-0.3, -0.25) is 4.90 Å². The van der Waals surface area contributed by atoms with Gasteiger partial charge in [-0.1, -0.05) is 18.2 Å². The van der Waals surface area contributed by atoms with Crippen LogP contribution in [0.3, 0.4) is 0 Å². The Morgan fingerprint density at radius 1 is 1.00 bits per heavy atom. The van der Waals surface area contributed by atoms with Crippen molar-refractivity contribution in [3.8, 4) is 0 Å². The molecule has 2 aliphatic rings. The van der Waals surface area contributed by atoms with Crippen LogP contribution in [0.15, 0.2) is 30.3 Å². The quantitative estimate of drug-likeness (QED) is 0.877. The molecule has 1 saturated carbocycles. The maximum Gasteiger partial charge on any atom is 0.0367 e. The monoisotopic (exact) mass is 259 g/mol. The lowest BCUT2D eigenvalue weighted by Crippen LogP contribution is -2.48. The van der Waals surface area contributed by atoms with Crippen molar-refractivity contribution in [2.75, 3.05) is 44.2 Å². The molecule has 0 aromatic heterocycles. The van der Waals surface area contributed by atoms with Crippen LogP contribution in [0.25, 0.3) is 0 Å². The van der Waals surface area contributed by atoms with Gasteiger partial charge in [0, 0.05) is 38.4 Å². The second kappa shape index (κ2) is 5.51. The summed E-state index contributed by atoms with van der Waals surface area (Å²) in [7, 11) is 0. The molecule has 104 valence electrons. The smallest absolute Gasteiger partial charge is 0.0367 e. The number of nitrogens with zero attached hydrogens (tertiary/aromatic N) is 2. The second-order valence-electron chi connectivity index (χ2n) is 6.14. The third-order valence-corrected chi connectivity index (χ3v) is 4.68. The Hall–Kier alpha value is -1.06. The van der Waals surface area contributed by atoms with E-state index in [4.69, 9.17) is 5.73 Å². The SMILES string of the molecule is NCCC1(CN2CCN(c3ccccc3)CC2)CC1. The molecule has 1 saturated heterocycles. The molecule has 3 rings (SSSR count). The molecule has 0 spiro atoms. The van der Waals surface area contributed by atoms with Crippen molar-refractivity contribution < 1.29 is 0 Å². The number of hydrogen-bond acceptors (Lipinski definition) is 3. The van der Waals surface area contributed by atoms with E-state index < -0.39 is 0 Å². The largest absolute Gasteiger partial charge is 0.369 e. The minimum Gasteiger partial charge on any atom is -0.369 e. The number of para-hydroxylation sites is 1. The lowest BCUT2D eigenvalue weighted by atomic mass is 10.0. The third-order valence-electron chi connectivity index (χ3n) is 4.68. The van der Waals surface area contributed by atoms with Gasteiger partial charge in [0.2, 0.25) is 0 Å². The highest BCUT2D eigenvalue weighted by Crippen LogP contribution is 2.49. The van der Waals surface area contributed by atoms with Crippen molar-refractivity contribution in [1.29, 1.82) is 0 Å². The van der Waals surface area contributed by atoms with Gasteiger partial charge in [-0.25, -0.2) is 0 Å². The molecule has 0 bridgehead atoms. The van der Waals surface area contributed by atoms with E-state index in [1.807, 2.05) is 0 Å². The average molecular weight is 259 g/mol. The van der Waals surface area contributed by atoms with Crippen LogP contribution >= 0.6 is 0 Å². The van der Waals surface area contributed by atoms with E-state index in [2.05, 4.69) is 40.1 Å². The molecule has 19 heavy (non-hydrogen) atoms. The minimum absolute atomic E-state index is 0.587. The van der Waals surface area contributed by atoms with Crippen LogP contribution < -0.4 is 10.6 Å². The molecule has 1 aliphatic heterocycles. The fourth-order valence-electron chi connectivity index (χ4n) is 3.25. The Labute approximate surface area is 116 Å². The van der Waals surface area contributed by atoms with Gasteiger partial charge < -0.3 is 10.6 Å². The first-order chi connectivity index (χ1) is 9.31. The Balaban J connectivity index is 1.50. The van der Waals surface area contributed by atoms with Crippen LogP contribution in [0.4, 0.5) is 5.69 Å². The second-order valence-corrected chi connectivity index (χ2v) is 6.14. The van der Waals surface area contributed by atoms with Gasteiger partial charge in [0.05, 0.1) is 0 Å². The van der Waals surface area contributed by atoms with Crippen LogP contribution in [0.1, 0.15) is 19.3 Å². The van der Waals surface area contributed by atoms with Gasteiger partial charge in [-0.05, 0) is 43.4 Å². The predicted molar refractivity (Wildman–Crippen MR) is 80.4 cm³/mol. The number of anilines is 1. The first-order valence-electron chi connectivity index (χ1n) is 7.54. The number of rotatable bonds is 5. The molecular formula is C16H25N3. The van der Waals surface area contributed by atoms with Crippen molar-refractivity contribution in [3.05, 3.63) is 30.3 Å². The topological polar surface area (TPSA) is 32.5 Å². The summed E-state index contributed by atoms with van der Waals surface area (Å²) >= 11 is 0. The third kappa shape index (κ3) is 3.10. The first kappa shape index (κ1) is 12.9. The number of benzene rings is 1. The van der Waals surface area contributed by atoms with E-state index >= 15 is 0 Å². The molecule has 0 amide bonds. The van der Waals surface area contributed by atoms with Crippen molar-refractivity contribution in [1.82, 2.24) is 4.90 Å². The lowest BCUT2D eigenvalue weighted by Gasteiger charge is -2.37. The van der Waals surface area contributed by atoms with Gasteiger partial charge in [-0.15, -0.1) is 0 Å². The number of hydrogen-bond donors (Lipinski definition) is 1. The highest BCUT2D eigenvalue weighted by atomic mass is 15.3. The van der Waals surface area contributed by atoms with Crippen molar-refractivity contribution in [3.63, 3.8) is 0 Å². The first-order valence-corrected chi connectivity index (χ1v) is 7.54. The summed E-state index contributed by atoms with van der Waals surface area (Å²) in [4.78, 5) is 5.14. The normalized spacial score (nSPS) is 22.5. The average Bonchev–Trinajstić information content (AvgIpc) is 3.20. The number of piperazine rings is 1. The summed E-state index contributed by atoms with van der Waals surface area (Å²) in [5, 5.41) is 0. The van der Waals surface area contributed by atoms with Crippen LogP contribution in [-0.4, -0.2) is 44.2 Å². The summed E-state index contributed by atoms with van der Waals surface area (Å²) < 4.78 is 0. The zero-order valence-corrected chi connectivity index (χ0v) is 11.7. The maximum absolute atomic E-state index is 5.73. The van der Waals surface area contributed by atoms with Gasteiger partial charge >= 0.3 is 0 Å². The molecule has 1 aromatic rings. The fraction of sp³-hybridized carbons (Fsp3) is 0.625. The Morgan fingerprint density at radius 3 is 2.26 bits per heavy atom. The van der Waals surface area contributed by atoms with Gasteiger partial charge in [-0.2, -0.15) is 0 Å². The standard InChI is InChI=1S/C16H25N3/c17-9-8-16(6-7-16)14-18-10-12-19(13-11-18)15-4-2-1-3-5-15/h1-5H,6-14,17H2. The van der Waals surface area contributed by atoms with Crippen LogP contribution in [0.2, 0.25) is 0 Å². The van der Waals surface area contributed by atoms with Gasteiger partial charge in [0.15, 0.2) is 0 Å². The maximum atomic E-state index is 5.73. The Bertz CT molecular complexity index is 392. The van der Waals surface area contributed by atoms with Gasteiger partial charge in [0.25, 0.3) is 0 Å². The molecule has 2 fully saturated rings. The van der Waals surface area contributed by atoms with Crippen molar-refractivity contribution in [2.45, 2.75) is 19.3 Å². The van der Waals surface area contributed by atoms with E-state index in [1.54, 1.807) is 0 Å². The molecule has 1 aliphatic carbocycles. The van der Waals surface area contributed by atoms with Crippen LogP contribution in [0, 0.1) is 5.41 Å². The molecule has 2 N–H and O–H groups in total.